The van der Waals surface area contributed by atoms with Gasteiger partial charge in [0.1, 0.15) is 0 Å². The first kappa shape index (κ1) is 14.9. The van der Waals surface area contributed by atoms with Crippen molar-refractivity contribution in [3.63, 3.8) is 0 Å². The van der Waals surface area contributed by atoms with Crippen molar-refractivity contribution in [2.24, 2.45) is 0 Å². The number of aryl methyl sites for hydroxylation is 1. The number of aromatic hydroxyl groups is 1. The van der Waals surface area contributed by atoms with Gasteiger partial charge in [0.2, 0.25) is 0 Å². The van der Waals surface area contributed by atoms with Crippen molar-refractivity contribution in [2.75, 3.05) is 7.11 Å². The molecule has 2 aromatic carbocycles. The Bertz CT molecular complexity index is 778. The molecule has 0 atom stereocenters. The molecular formula is C18H15BrO3. The zero-order valence-corrected chi connectivity index (χ0v) is 13.7. The Morgan fingerprint density at radius 1 is 1.23 bits per heavy atom. The lowest BCUT2D eigenvalue weighted by Gasteiger charge is -2.17. The number of fused-ring (bicyclic) bond motifs is 1. The minimum atomic E-state index is 0.0665. The number of phenols is 1. The number of carbonyl (C=O) groups excluding carboxylic acids is 1. The van der Waals surface area contributed by atoms with Crippen LogP contribution in [0.15, 0.2) is 46.4 Å². The summed E-state index contributed by atoms with van der Waals surface area (Å²) in [4.78, 5) is 12.6. The topological polar surface area (TPSA) is 46.5 Å². The molecule has 22 heavy (non-hydrogen) atoms. The van der Waals surface area contributed by atoms with Crippen molar-refractivity contribution in [1.82, 2.24) is 0 Å². The molecule has 0 aliphatic heterocycles. The molecule has 0 radical (unpaired) electrons. The Morgan fingerprint density at radius 2 is 2.00 bits per heavy atom. The van der Waals surface area contributed by atoms with E-state index >= 15 is 0 Å². The summed E-state index contributed by atoms with van der Waals surface area (Å²) >= 11 is 3.42. The van der Waals surface area contributed by atoms with Gasteiger partial charge in [-0.05, 0) is 42.2 Å². The number of hydrogen-bond donors (Lipinski definition) is 1. The van der Waals surface area contributed by atoms with Crippen LogP contribution >= 0.6 is 15.9 Å². The summed E-state index contributed by atoms with van der Waals surface area (Å²) in [6.07, 6.45) is 3.44. The van der Waals surface area contributed by atoms with Crippen LogP contribution in [0.5, 0.6) is 11.5 Å². The molecule has 3 rings (SSSR count). The molecule has 0 saturated carbocycles. The summed E-state index contributed by atoms with van der Waals surface area (Å²) in [6, 6.07) is 11.0. The molecule has 1 aliphatic rings. The standard InChI is InChI=1S/C18H15BrO3/c1-22-17-9-13(15(19)10-16(17)20)8-12-7-6-11-4-2-3-5-14(11)18(12)21/h2-5,8-10,20H,6-7H2,1H3. The maximum atomic E-state index is 12.6. The van der Waals surface area contributed by atoms with E-state index in [0.717, 1.165) is 33.2 Å². The second kappa shape index (κ2) is 5.97. The van der Waals surface area contributed by atoms with Crippen molar-refractivity contribution >= 4 is 27.8 Å². The number of methoxy groups -OCH3 is 1. The largest absolute Gasteiger partial charge is 0.504 e. The summed E-state index contributed by atoms with van der Waals surface area (Å²) in [5.41, 5.74) is 3.47. The van der Waals surface area contributed by atoms with Gasteiger partial charge in [0.05, 0.1) is 7.11 Å². The molecule has 0 heterocycles. The number of ketones is 1. The van der Waals surface area contributed by atoms with E-state index in [1.54, 1.807) is 12.1 Å². The number of carbonyl (C=O) groups is 1. The Kier molecular flexibility index (Phi) is 4.03. The van der Waals surface area contributed by atoms with Gasteiger partial charge in [0, 0.05) is 15.6 Å². The van der Waals surface area contributed by atoms with Crippen LogP contribution in [0.25, 0.3) is 6.08 Å². The third-order valence-corrected chi connectivity index (χ3v) is 4.53. The average Bonchev–Trinajstić information content (AvgIpc) is 2.52. The monoisotopic (exact) mass is 358 g/mol. The quantitative estimate of drug-likeness (QED) is 0.810. The first-order valence-corrected chi connectivity index (χ1v) is 7.79. The number of allylic oxidation sites excluding steroid dienone is 1. The van der Waals surface area contributed by atoms with Crippen LogP contribution in [-0.2, 0) is 6.42 Å². The number of Topliss-reactive ketones (excluding diaryl/α,β-unsaturated/α-hetero) is 1. The lowest BCUT2D eigenvalue weighted by Crippen LogP contribution is -2.13. The molecule has 0 saturated heterocycles. The first-order valence-electron chi connectivity index (χ1n) is 7.00. The first-order chi connectivity index (χ1) is 10.6. The third-order valence-electron chi connectivity index (χ3n) is 3.85. The molecule has 0 fully saturated rings. The maximum absolute atomic E-state index is 12.6. The smallest absolute Gasteiger partial charge is 0.189 e. The molecule has 4 heteroatoms. The minimum Gasteiger partial charge on any atom is -0.504 e. The number of rotatable bonds is 2. The van der Waals surface area contributed by atoms with E-state index in [1.807, 2.05) is 30.3 Å². The van der Waals surface area contributed by atoms with Crippen LogP contribution in [0.1, 0.15) is 27.9 Å². The van der Waals surface area contributed by atoms with Crippen LogP contribution in [0.2, 0.25) is 0 Å². The van der Waals surface area contributed by atoms with E-state index in [2.05, 4.69) is 15.9 Å². The lowest BCUT2D eigenvalue weighted by atomic mass is 9.86. The van der Waals surface area contributed by atoms with Crippen molar-refractivity contribution in [3.8, 4) is 11.5 Å². The average molecular weight is 359 g/mol. The Morgan fingerprint density at radius 3 is 2.77 bits per heavy atom. The zero-order valence-electron chi connectivity index (χ0n) is 12.1. The van der Waals surface area contributed by atoms with Gasteiger partial charge in [0.15, 0.2) is 17.3 Å². The maximum Gasteiger partial charge on any atom is 0.189 e. The molecule has 0 amide bonds. The Labute approximate surface area is 137 Å². The number of benzene rings is 2. The van der Waals surface area contributed by atoms with Crippen LogP contribution in [0.4, 0.5) is 0 Å². The Hall–Kier alpha value is -2.07. The molecule has 1 aliphatic carbocycles. The van der Waals surface area contributed by atoms with Gasteiger partial charge in [-0.2, -0.15) is 0 Å². The fourth-order valence-corrected chi connectivity index (χ4v) is 3.12. The summed E-state index contributed by atoms with van der Waals surface area (Å²) in [5.74, 6) is 0.524. The zero-order chi connectivity index (χ0) is 15.7. The van der Waals surface area contributed by atoms with Crippen molar-refractivity contribution in [3.05, 3.63) is 63.1 Å². The highest BCUT2D eigenvalue weighted by molar-refractivity contribution is 9.10. The normalized spacial score (nSPS) is 15.7. The van der Waals surface area contributed by atoms with Crippen LogP contribution in [0, 0.1) is 0 Å². The SMILES string of the molecule is COc1cc(C=C2CCc3ccccc3C2=O)c(Br)cc1O. The Balaban J connectivity index is 2.02. The molecule has 0 aromatic heterocycles. The van der Waals surface area contributed by atoms with Crippen LogP contribution in [-0.4, -0.2) is 18.0 Å². The van der Waals surface area contributed by atoms with E-state index in [4.69, 9.17) is 4.74 Å². The summed E-state index contributed by atoms with van der Waals surface area (Å²) < 4.78 is 5.85. The van der Waals surface area contributed by atoms with Crippen LogP contribution in [0.3, 0.4) is 0 Å². The fourth-order valence-electron chi connectivity index (χ4n) is 2.67. The fraction of sp³-hybridized carbons (Fsp3) is 0.167. The van der Waals surface area contributed by atoms with Crippen molar-refractivity contribution in [2.45, 2.75) is 12.8 Å². The van der Waals surface area contributed by atoms with Gasteiger partial charge in [-0.15, -0.1) is 0 Å². The second-order valence-corrected chi connectivity index (χ2v) is 6.06. The number of halogens is 1. The van der Waals surface area contributed by atoms with Gasteiger partial charge in [-0.1, -0.05) is 40.2 Å². The van der Waals surface area contributed by atoms with E-state index < -0.39 is 0 Å². The molecular weight excluding hydrogens is 344 g/mol. The predicted octanol–water partition coefficient (Wildman–Crippen LogP) is 4.38. The van der Waals surface area contributed by atoms with E-state index in [0.29, 0.717) is 12.2 Å². The molecule has 1 N–H and O–H groups in total. The minimum absolute atomic E-state index is 0.0665. The third kappa shape index (κ3) is 2.66. The lowest BCUT2D eigenvalue weighted by molar-refractivity contribution is 0.102. The van der Waals surface area contributed by atoms with Crippen molar-refractivity contribution in [1.29, 1.82) is 0 Å². The number of hydrogen-bond acceptors (Lipinski definition) is 3. The van der Waals surface area contributed by atoms with E-state index in [-0.39, 0.29) is 11.5 Å². The molecule has 0 bridgehead atoms. The highest BCUT2D eigenvalue weighted by atomic mass is 79.9. The molecule has 112 valence electrons. The molecule has 0 unspecified atom stereocenters. The second-order valence-electron chi connectivity index (χ2n) is 5.20. The summed E-state index contributed by atoms with van der Waals surface area (Å²) in [6.45, 7) is 0. The summed E-state index contributed by atoms with van der Waals surface area (Å²) in [5, 5.41) is 9.76. The summed E-state index contributed by atoms with van der Waals surface area (Å²) in [7, 11) is 1.50. The van der Waals surface area contributed by atoms with Crippen molar-refractivity contribution < 1.29 is 14.6 Å². The predicted molar refractivity (Wildman–Crippen MR) is 89.4 cm³/mol. The molecule has 3 nitrogen and oxygen atoms in total. The van der Waals surface area contributed by atoms with Gasteiger partial charge in [-0.25, -0.2) is 0 Å². The van der Waals surface area contributed by atoms with Crippen LogP contribution < -0.4 is 4.74 Å². The number of phenolic OH excluding ortho intramolecular Hbond substituents is 1. The molecule has 2 aromatic rings. The van der Waals surface area contributed by atoms with Gasteiger partial charge in [0.25, 0.3) is 0 Å². The van der Waals surface area contributed by atoms with E-state index in [9.17, 15) is 9.90 Å². The molecule has 0 spiro atoms. The van der Waals surface area contributed by atoms with Gasteiger partial charge in [-0.3, -0.25) is 4.79 Å². The highest BCUT2D eigenvalue weighted by Gasteiger charge is 2.21. The highest BCUT2D eigenvalue weighted by Crippen LogP contribution is 2.35. The number of ether oxygens (including phenoxy) is 1. The van der Waals surface area contributed by atoms with Gasteiger partial charge < -0.3 is 9.84 Å². The van der Waals surface area contributed by atoms with Gasteiger partial charge >= 0.3 is 0 Å². The van der Waals surface area contributed by atoms with E-state index in [1.165, 1.54) is 7.11 Å².